The molecule has 31 heavy (non-hydrogen) atoms. The number of rotatable bonds is 8. The van der Waals surface area contributed by atoms with Gasteiger partial charge in [0.05, 0.1) is 18.6 Å². The number of hydrogen-bond donors (Lipinski definition) is 0. The highest BCUT2D eigenvalue weighted by Gasteiger charge is 2.16. The summed E-state index contributed by atoms with van der Waals surface area (Å²) < 4.78 is 41.7. The zero-order chi connectivity index (χ0) is 21.8. The fourth-order valence-corrected chi connectivity index (χ4v) is 3.64. The van der Waals surface area contributed by atoms with E-state index in [9.17, 15) is 8.78 Å². The SMILES string of the molecule is COc1cc(-c2noc(CSc3nncn3-c3ccccc3C)n2)ccc1OC(F)F. The molecule has 0 amide bonds. The monoisotopic (exact) mass is 445 g/mol. The van der Waals surface area contributed by atoms with Crippen LogP contribution >= 0.6 is 11.8 Å². The van der Waals surface area contributed by atoms with Crippen LogP contribution in [0.1, 0.15) is 11.5 Å². The quantitative estimate of drug-likeness (QED) is 0.366. The van der Waals surface area contributed by atoms with Gasteiger partial charge in [-0.1, -0.05) is 35.1 Å². The smallest absolute Gasteiger partial charge is 0.387 e. The zero-order valence-corrected chi connectivity index (χ0v) is 17.3. The van der Waals surface area contributed by atoms with Gasteiger partial charge in [-0.05, 0) is 36.8 Å². The molecular weight excluding hydrogens is 428 g/mol. The molecular formula is C20H17F2N5O3S. The van der Waals surface area contributed by atoms with Crippen molar-refractivity contribution in [1.82, 2.24) is 24.9 Å². The van der Waals surface area contributed by atoms with Gasteiger partial charge >= 0.3 is 6.61 Å². The van der Waals surface area contributed by atoms with Crippen molar-refractivity contribution in [3.05, 3.63) is 60.2 Å². The van der Waals surface area contributed by atoms with Crippen molar-refractivity contribution in [1.29, 1.82) is 0 Å². The largest absolute Gasteiger partial charge is 0.493 e. The summed E-state index contributed by atoms with van der Waals surface area (Å²) in [6, 6.07) is 12.4. The Bertz CT molecular complexity index is 1180. The van der Waals surface area contributed by atoms with Crippen LogP contribution in [0.5, 0.6) is 11.5 Å². The second-order valence-corrected chi connectivity index (χ2v) is 7.26. The van der Waals surface area contributed by atoms with Crippen LogP contribution in [0.2, 0.25) is 0 Å². The molecule has 0 aliphatic rings. The van der Waals surface area contributed by atoms with Crippen molar-refractivity contribution in [3.8, 4) is 28.6 Å². The lowest BCUT2D eigenvalue weighted by Gasteiger charge is -2.10. The topological polar surface area (TPSA) is 88.1 Å². The lowest BCUT2D eigenvalue weighted by molar-refractivity contribution is -0.0512. The molecule has 0 bridgehead atoms. The molecule has 0 N–H and O–H groups in total. The standard InChI is InChI=1S/C20H17F2N5O3S/c1-12-5-3-4-6-14(12)27-11-23-25-20(27)31-10-17-24-18(26-30-17)13-7-8-15(29-19(21)22)16(9-13)28-2/h3-9,11,19H,10H2,1-2H3. The van der Waals surface area contributed by atoms with Crippen molar-refractivity contribution < 1.29 is 22.8 Å². The fourth-order valence-electron chi connectivity index (χ4n) is 2.88. The summed E-state index contributed by atoms with van der Waals surface area (Å²) in [5.41, 5.74) is 2.62. The molecule has 4 aromatic rings. The highest BCUT2D eigenvalue weighted by molar-refractivity contribution is 7.98. The second kappa shape index (κ2) is 9.13. The minimum atomic E-state index is -2.95. The number of para-hydroxylation sites is 1. The van der Waals surface area contributed by atoms with E-state index in [1.54, 1.807) is 12.4 Å². The van der Waals surface area contributed by atoms with Gasteiger partial charge in [-0.25, -0.2) is 0 Å². The minimum absolute atomic E-state index is 0.0731. The van der Waals surface area contributed by atoms with Crippen molar-refractivity contribution in [2.24, 2.45) is 0 Å². The zero-order valence-electron chi connectivity index (χ0n) is 16.5. The number of aryl methyl sites for hydroxylation is 1. The maximum atomic E-state index is 12.5. The first-order chi connectivity index (χ1) is 15.0. The molecule has 2 aromatic carbocycles. The van der Waals surface area contributed by atoms with Crippen molar-refractivity contribution in [2.45, 2.75) is 24.4 Å². The van der Waals surface area contributed by atoms with E-state index in [0.717, 1.165) is 11.3 Å². The van der Waals surface area contributed by atoms with Gasteiger partial charge in [0.2, 0.25) is 11.7 Å². The molecule has 11 heteroatoms. The summed E-state index contributed by atoms with van der Waals surface area (Å²) in [6.45, 7) is -0.935. The van der Waals surface area contributed by atoms with Gasteiger partial charge in [0.15, 0.2) is 16.7 Å². The van der Waals surface area contributed by atoms with E-state index in [0.29, 0.717) is 28.2 Å². The van der Waals surface area contributed by atoms with Crippen LogP contribution in [-0.2, 0) is 5.75 Å². The van der Waals surface area contributed by atoms with Crippen LogP contribution in [0.4, 0.5) is 8.78 Å². The maximum absolute atomic E-state index is 12.5. The Balaban J connectivity index is 1.49. The Labute approximate surface area is 180 Å². The summed E-state index contributed by atoms with van der Waals surface area (Å²) >= 11 is 1.40. The summed E-state index contributed by atoms with van der Waals surface area (Å²) in [5.74, 6) is 1.13. The number of hydrogen-bond acceptors (Lipinski definition) is 8. The summed E-state index contributed by atoms with van der Waals surface area (Å²) in [6.07, 6.45) is 1.65. The molecule has 4 rings (SSSR count). The number of nitrogens with zero attached hydrogens (tertiary/aromatic N) is 5. The van der Waals surface area contributed by atoms with Gasteiger partial charge in [-0.15, -0.1) is 10.2 Å². The van der Waals surface area contributed by atoms with E-state index in [1.807, 2.05) is 35.8 Å². The van der Waals surface area contributed by atoms with Gasteiger partial charge < -0.3 is 14.0 Å². The Morgan fingerprint density at radius 3 is 2.77 bits per heavy atom. The van der Waals surface area contributed by atoms with E-state index in [2.05, 4.69) is 25.1 Å². The first-order valence-electron chi connectivity index (χ1n) is 9.10. The average molecular weight is 445 g/mol. The lowest BCUT2D eigenvalue weighted by atomic mass is 10.2. The van der Waals surface area contributed by atoms with Crippen molar-refractivity contribution in [2.75, 3.05) is 7.11 Å². The predicted molar refractivity (Wildman–Crippen MR) is 109 cm³/mol. The normalized spacial score (nSPS) is 11.1. The Kier molecular flexibility index (Phi) is 6.12. The van der Waals surface area contributed by atoms with Gasteiger partial charge in [0, 0.05) is 5.56 Å². The molecule has 8 nitrogen and oxygen atoms in total. The summed E-state index contributed by atoms with van der Waals surface area (Å²) in [7, 11) is 1.36. The third-order valence-electron chi connectivity index (χ3n) is 4.32. The summed E-state index contributed by atoms with van der Waals surface area (Å²) in [4.78, 5) is 4.37. The molecule has 2 aromatic heterocycles. The molecule has 0 aliphatic heterocycles. The molecule has 2 heterocycles. The summed E-state index contributed by atoms with van der Waals surface area (Å²) in [5, 5.41) is 12.8. The van der Waals surface area contributed by atoms with Crippen molar-refractivity contribution in [3.63, 3.8) is 0 Å². The number of aromatic nitrogens is 5. The maximum Gasteiger partial charge on any atom is 0.387 e. The van der Waals surface area contributed by atoms with Gasteiger partial charge in [0.25, 0.3) is 0 Å². The molecule has 0 saturated carbocycles. The van der Waals surface area contributed by atoms with Crippen molar-refractivity contribution >= 4 is 11.8 Å². The van der Waals surface area contributed by atoms with Crippen LogP contribution in [0, 0.1) is 6.92 Å². The third-order valence-corrected chi connectivity index (χ3v) is 5.25. The highest BCUT2D eigenvalue weighted by atomic mass is 32.2. The molecule has 0 fully saturated rings. The van der Waals surface area contributed by atoms with Gasteiger partial charge in [0.1, 0.15) is 6.33 Å². The Morgan fingerprint density at radius 2 is 2.00 bits per heavy atom. The van der Waals surface area contributed by atoms with Gasteiger partial charge in [-0.2, -0.15) is 13.8 Å². The molecule has 0 radical (unpaired) electrons. The van der Waals surface area contributed by atoms with E-state index >= 15 is 0 Å². The predicted octanol–water partition coefficient (Wildman–Crippen LogP) is 4.53. The van der Waals surface area contributed by atoms with E-state index in [1.165, 1.54) is 31.0 Å². The molecule has 0 atom stereocenters. The van der Waals surface area contributed by atoms with Gasteiger partial charge in [-0.3, -0.25) is 4.57 Å². The van der Waals surface area contributed by atoms with E-state index in [-0.39, 0.29) is 11.5 Å². The number of thioether (sulfide) groups is 1. The highest BCUT2D eigenvalue weighted by Crippen LogP contribution is 2.33. The molecule has 160 valence electrons. The Morgan fingerprint density at radius 1 is 1.16 bits per heavy atom. The van der Waals surface area contributed by atoms with E-state index < -0.39 is 6.61 Å². The first kappa shape index (κ1) is 20.8. The minimum Gasteiger partial charge on any atom is -0.493 e. The van der Waals surface area contributed by atoms with Crippen LogP contribution < -0.4 is 9.47 Å². The fraction of sp³-hybridized carbons (Fsp3) is 0.200. The Hall–Kier alpha value is -3.47. The number of methoxy groups -OCH3 is 1. The van der Waals surface area contributed by atoms with Crippen LogP contribution in [-0.4, -0.2) is 38.6 Å². The molecule has 0 saturated heterocycles. The van der Waals surface area contributed by atoms with E-state index in [4.69, 9.17) is 9.26 Å². The molecule has 0 aliphatic carbocycles. The lowest BCUT2D eigenvalue weighted by Crippen LogP contribution is -2.03. The van der Waals surface area contributed by atoms with Crippen LogP contribution in [0.25, 0.3) is 17.1 Å². The second-order valence-electron chi connectivity index (χ2n) is 6.31. The number of ether oxygens (including phenoxy) is 2. The number of benzene rings is 2. The van der Waals surface area contributed by atoms with Crippen LogP contribution in [0.3, 0.4) is 0 Å². The third kappa shape index (κ3) is 4.66. The number of alkyl halides is 2. The molecule has 0 unspecified atom stereocenters. The van der Waals surface area contributed by atoms with Crippen LogP contribution in [0.15, 0.2) is 58.5 Å². The average Bonchev–Trinajstić information content (AvgIpc) is 3.42. The first-order valence-corrected chi connectivity index (χ1v) is 10.1. The number of halogens is 2. The molecule has 0 spiro atoms.